The first-order valence-electron chi connectivity index (χ1n) is 8.71. The molecule has 3 heterocycles. The highest BCUT2D eigenvalue weighted by molar-refractivity contribution is 7.91. The molecule has 1 aliphatic carbocycles. The van der Waals surface area contributed by atoms with E-state index in [9.17, 15) is 8.42 Å². The van der Waals surface area contributed by atoms with Crippen molar-refractivity contribution in [2.24, 2.45) is 0 Å². The molecule has 5 nitrogen and oxygen atoms in total. The van der Waals surface area contributed by atoms with E-state index < -0.39 is 10.0 Å². The number of aromatic nitrogens is 1. The Kier molecular flexibility index (Phi) is 4.49. The van der Waals surface area contributed by atoms with Crippen LogP contribution in [-0.4, -0.2) is 30.8 Å². The molecule has 24 heavy (non-hydrogen) atoms. The molecule has 0 amide bonds. The largest absolute Gasteiger partial charge is 0.440 e. The van der Waals surface area contributed by atoms with Gasteiger partial charge in [0, 0.05) is 19.0 Å². The van der Waals surface area contributed by atoms with Crippen molar-refractivity contribution in [3.63, 3.8) is 0 Å². The Hall–Kier alpha value is -1.18. The van der Waals surface area contributed by atoms with Gasteiger partial charge in [-0.2, -0.15) is 4.31 Å². The van der Waals surface area contributed by atoms with Crippen LogP contribution in [0.15, 0.2) is 27.0 Å². The summed E-state index contributed by atoms with van der Waals surface area (Å²) in [5.41, 5.74) is 0. The fourth-order valence-electron chi connectivity index (χ4n) is 3.59. The van der Waals surface area contributed by atoms with E-state index in [2.05, 4.69) is 4.98 Å². The maximum Gasteiger partial charge on any atom is 0.252 e. The minimum Gasteiger partial charge on any atom is -0.440 e. The summed E-state index contributed by atoms with van der Waals surface area (Å²) in [5.74, 6) is 1.91. The number of oxazole rings is 1. The first-order chi connectivity index (χ1) is 11.6. The number of sulfonamides is 1. The summed E-state index contributed by atoms with van der Waals surface area (Å²) in [6.07, 6.45) is 9.49. The predicted molar refractivity (Wildman–Crippen MR) is 93.6 cm³/mol. The van der Waals surface area contributed by atoms with Crippen molar-refractivity contribution in [2.45, 2.75) is 55.1 Å². The van der Waals surface area contributed by atoms with Gasteiger partial charge in [0.15, 0.2) is 11.7 Å². The van der Waals surface area contributed by atoms with E-state index in [0.29, 0.717) is 29.0 Å². The van der Waals surface area contributed by atoms with Gasteiger partial charge in [0.2, 0.25) is 0 Å². The minimum atomic E-state index is -3.37. The predicted octanol–water partition coefficient (Wildman–Crippen LogP) is 4.24. The molecular formula is C17H22N2O3S2. The molecule has 0 atom stereocenters. The van der Waals surface area contributed by atoms with Crippen LogP contribution in [0.5, 0.6) is 0 Å². The highest BCUT2D eigenvalue weighted by atomic mass is 32.2. The summed E-state index contributed by atoms with van der Waals surface area (Å²) in [6, 6.07) is 3.53. The first-order valence-corrected chi connectivity index (χ1v) is 11.0. The highest BCUT2D eigenvalue weighted by Gasteiger charge is 2.28. The maximum absolute atomic E-state index is 12.7. The molecule has 0 N–H and O–H groups in total. The van der Waals surface area contributed by atoms with Crippen molar-refractivity contribution in [3.05, 3.63) is 24.2 Å². The zero-order valence-corrected chi connectivity index (χ0v) is 15.2. The second-order valence-electron chi connectivity index (χ2n) is 6.63. The quantitative estimate of drug-likeness (QED) is 0.812. The molecule has 2 aromatic heterocycles. The summed E-state index contributed by atoms with van der Waals surface area (Å²) in [4.78, 5) is 5.25. The van der Waals surface area contributed by atoms with Crippen LogP contribution in [0.1, 0.15) is 56.8 Å². The van der Waals surface area contributed by atoms with Gasteiger partial charge in [0.05, 0.1) is 11.1 Å². The van der Waals surface area contributed by atoms with E-state index in [-0.39, 0.29) is 0 Å². The molecule has 0 unspecified atom stereocenters. The molecule has 4 rings (SSSR count). The zero-order valence-electron chi connectivity index (χ0n) is 13.6. The molecule has 2 aliphatic rings. The molecule has 130 valence electrons. The summed E-state index contributed by atoms with van der Waals surface area (Å²) < 4.78 is 33.4. The average Bonchev–Trinajstić information content (AvgIpc) is 3.34. The number of piperidine rings is 1. The summed E-state index contributed by atoms with van der Waals surface area (Å²) in [6.45, 7) is 1.26. The molecule has 1 saturated carbocycles. The van der Waals surface area contributed by atoms with Crippen LogP contribution in [0, 0.1) is 0 Å². The third kappa shape index (κ3) is 3.05. The van der Waals surface area contributed by atoms with Crippen molar-refractivity contribution in [2.75, 3.05) is 13.1 Å². The van der Waals surface area contributed by atoms with Crippen LogP contribution in [0.2, 0.25) is 0 Å². The third-order valence-corrected chi connectivity index (χ3v) is 8.43. The number of rotatable bonds is 4. The Bertz CT molecular complexity index is 797. The molecule has 0 aromatic carbocycles. The molecule has 2 aromatic rings. The average molecular weight is 367 g/mol. The smallest absolute Gasteiger partial charge is 0.252 e. The van der Waals surface area contributed by atoms with Gasteiger partial charge in [-0.15, -0.1) is 11.3 Å². The van der Waals surface area contributed by atoms with Crippen molar-refractivity contribution in [3.8, 4) is 10.6 Å². The maximum atomic E-state index is 12.7. The van der Waals surface area contributed by atoms with Gasteiger partial charge in [0.1, 0.15) is 4.21 Å². The van der Waals surface area contributed by atoms with Crippen molar-refractivity contribution < 1.29 is 12.8 Å². The van der Waals surface area contributed by atoms with Gasteiger partial charge < -0.3 is 4.42 Å². The minimum absolute atomic E-state index is 0.401. The first kappa shape index (κ1) is 16.3. The van der Waals surface area contributed by atoms with Crippen LogP contribution in [0.25, 0.3) is 10.6 Å². The van der Waals surface area contributed by atoms with Gasteiger partial charge in [-0.25, -0.2) is 13.4 Å². The molecule has 0 spiro atoms. The lowest BCUT2D eigenvalue weighted by molar-refractivity contribution is 0.347. The Labute approximate surface area is 146 Å². The monoisotopic (exact) mass is 366 g/mol. The Morgan fingerprint density at radius 1 is 1.08 bits per heavy atom. The van der Waals surface area contributed by atoms with Crippen LogP contribution < -0.4 is 0 Å². The highest BCUT2D eigenvalue weighted by Crippen LogP contribution is 2.37. The van der Waals surface area contributed by atoms with Gasteiger partial charge in [-0.3, -0.25) is 0 Å². The molecule has 1 saturated heterocycles. The fourth-order valence-corrected chi connectivity index (χ4v) is 6.51. The summed E-state index contributed by atoms with van der Waals surface area (Å²) in [7, 11) is -3.37. The molecule has 2 fully saturated rings. The summed E-state index contributed by atoms with van der Waals surface area (Å²) in [5, 5.41) is 0. The lowest BCUT2D eigenvalue weighted by Crippen LogP contribution is -2.35. The SMILES string of the molecule is O=S(=O)(c1ccc(-c2cnc(C3CCCC3)o2)s1)N1CCCCC1. The Morgan fingerprint density at radius 2 is 1.83 bits per heavy atom. The number of thiophene rings is 1. The number of hydrogen-bond acceptors (Lipinski definition) is 5. The number of hydrogen-bond donors (Lipinski definition) is 0. The molecule has 1 aliphatic heterocycles. The van der Waals surface area contributed by atoms with Gasteiger partial charge in [-0.1, -0.05) is 19.3 Å². The van der Waals surface area contributed by atoms with E-state index >= 15 is 0 Å². The van der Waals surface area contributed by atoms with E-state index in [4.69, 9.17) is 4.42 Å². The molecule has 0 radical (unpaired) electrons. The fraction of sp³-hybridized carbons (Fsp3) is 0.588. The standard InChI is InChI=1S/C17H22N2O3S2/c20-24(21,19-10-4-1-5-11-19)16-9-8-15(23-16)14-12-18-17(22-14)13-6-2-3-7-13/h8-9,12-13H,1-7,10-11H2. The van der Waals surface area contributed by atoms with Gasteiger partial charge >= 0.3 is 0 Å². The lowest BCUT2D eigenvalue weighted by Gasteiger charge is -2.25. The zero-order chi connectivity index (χ0) is 16.6. The van der Waals surface area contributed by atoms with Crippen molar-refractivity contribution in [1.29, 1.82) is 0 Å². The second-order valence-corrected chi connectivity index (χ2v) is 9.88. The van der Waals surface area contributed by atoms with Crippen molar-refractivity contribution >= 4 is 21.4 Å². The topological polar surface area (TPSA) is 63.4 Å². The normalized spacial score (nSPS) is 20.7. The molecule has 0 bridgehead atoms. The number of nitrogens with zero attached hydrogens (tertiary/aromatic N) is 2. The molecular weight excluding hydrogens is 344 g/mol. The Balaban J connectivity index is 1.56. The van der Waals surface area contributed by atoms with Gasteiger partial charge in [0.25, 0.3) is 10.0 Å². The molecule has 7 heteroatoms. The van der Waals surface area contributed by atoms with E-state index in [0.717, 1.165) is 42.9 Å². The summed E-state index contributed by atoms with van der Waals surface area (Å²) >= 11 is 1.28. The van der Waals surface area contributed by atoms with E-state index in [1.165, 1.54) is 24.2 Å². The van der Waals surface area contributed by atoms with Crippen LogP contribution in [0.4, 0.5) is 0 Å². The third-order valence-electron chi connectivity index (χ3n) is 4.96. The lowest BCUT2D eigenvalue weighted by atomic mass is 10.1. The van der Waals surface area contributed by atoms with Crippen LogP contribution in [-0.2, 0) is 10.0 Å². The second kappa shape index (κ2) is 6.61. The Morgan fingerprint density at radius 3 is 2.58 bits per heavy atom. The van der Waals surface area contributed by atoms with Crippen LogP contribution >= 0.6 is 11.3 Å². The van der Waals surface area contributed by atoms with Gasteiger partial charge in [-0.05, 0) is 37.8 Å². The van der Waals surface area contributed by atoms with Crippen LogP contribution in [0.3, 0.4) is 0 Å². The van der Waals surface area contributed by atoms with Crippen molar-refractivity contribution in [1.82, 2.24) is 9.29 Å². The van der Waals surface area contributed by atoms with E-state index in [1.54, 1.807) is 16.6 Å². The van der Waals surface area contributed by atoms with E-state index in [1.807, 2.05) is 6.07 Å².